The van der Waals surface area contributed by atoms with Gasteiger partial charge in [0.15, 0.2) is 0 Å². The number of methoxy groups -OCH3 is 1. The fourth-order valence-corrected chi connectivity index (χ4v) is 2.07. The fourth-order valence-electron chi connectivity index (χ4n) is 2.07. The number of rotatable bonds is 3. The average molecular weight is 258 g/mol. The first-order valence-corrected chi connectivity index (χ1v) is 6.13. The zero-order chi connectivity index (χ0) is 13.8. The van der Waals surface area contributed by atoms with Crippen molar-refractivity contribution in [3.8, 4) is 11.1 Å². The van der Waals surface area contributed by atoms with Crippen molar-refractivity contribution < 1.29 is 13.9 Å². The number of benzene rings is 2. The van der Waals surface area contributed by atoms with Crippen molar-refractivity contribution in [2.24, 2.45) is 0 Å². The van der Waals surface area contributed by atoms with Gasteiger partial charge >= 0.3 is 5.97 Å². The minimum atomic E-state index is -0.533. The molecule has 0 heterocycles. The van der Waals surface area contributed by atoms with Crippen LogP contribution < -0.4 is 0 Å². The molecule has 0 N–H and O–H groups in total. The van der Waals surface area contributed by atoms with Crippen molar-refractivity contribution >= 4 is 5.97 Å². The Bertz CT molecular complexity index is 605. The van der Waals surface area contributed by atoms with Gasteiger partial charge in [-0.3, -0.25) is 0 Å². The molecule has 2 aromatic rings. The maximum atomic E-state index is 14.1. The van der Waals surface area contributed by atoms with Gasteiger partial charge in [-0.05, 0) is 29.7 Å². The van der Waals surface area contributed by atoms with Crippen LogP contribution in [-0.4, -0.2) is 13.1 Å². The molecule has 0 aliphatic carbocycles. The molecule has 0 saturated heterocycles. The highest BCUT2D eigenvalue weighted by molar-refractivity contribution is 5.90. The number of hydrogen-bond donors (Lipinski definition) is 0. The van der Waals surface area contributed by atoms with E-state index in [0.29, 0.717) is 5.56 Å². The van der Waals surface area contributed by atoms with E-state index in [4.69, 9.17) is 0 Å². The molecule has 0 aromatic heterocycles. The zero-order valence-corrected chi connectivity index (χ0v) is 10.9. The second kappa shape index (κ2) is 5.65. The van der Waals surface area contributed by atoms with Crippen molar-refractivity contribution in [2.75, 3.05) is 7.11 Å². The maximum absolute atomic E-state index is 14.1. The SMILES string of the molecule is CCc1ccccc1-c1ccc(C(=O)OC)cc1F. The van der Waals surface area contributed by atoms with Gasteiger partial charge in [0.05, 0.1) is 12.7 Å². The summed E-state index contributed by atoms with van der Waals surface area (Å²) in [6.07, 6.45) is 0.828. The first-order chi connectivity index (χ1) is 9.17. The first-order valence-electron chi connectivity index (χ1n) is 6.13. The Hall–Kier alpha value is -2.16. The highest BCUT2D eigenvalue weighted by Gasteiger charge is 2.12. The van der Waals surface area contributed by atoms with Gasteiger partial charge in [-0.2, -0.15) is 0 Å². The summed E-state index contributed by atoms with van der Waals surface area (Å²) in [7, 11) is 1.28. The predicted octanol–water partition coefficient (Wildman–Crippen LogP) is 3.84. The molecule has 0 radical (unpaired) electrons. The topological polar surface area (TPSA) is 26.3 Å². The second-order valence-electron chi connectivity index (χ2n) is 4.20. The number of hydrogen-bond acceptors (Lipinski definition) is 2. The normalized spacial score (nSPS) is 10.3. The van der Waals surface area contributed by atoms with E-state index in [-0.39, 0.29) is 5.56 Å². The molecule has 3 heteroatoms. The van der Waals surface area contributed by atoms with Crippen LogP contribution in [0.2, 0.25) is 0 Å². The van der Waals surface area contributed by atoms with E-state index in [1.165, 1.54) is 13.2 Å². The Morgan fingerprint density at radius 2 is 1.89 bits per heavy atom. The van der Waals surface area contributed by atoms with Crippen LogP contribution >= 0.6 is 0 Å². The van der Waals surface area contributed by atoms with Gasteiger partial charge in [0, 0.05) is 5.56 Å². The smallest absolute Gasteiger partial charge is 0.337 e. The molecule has 0 aliphatic heterocycles. The average Bonchev–Trinajstić information content (AvgIpc) is 2.46. The van der Waals surface area contributed by atoms with E-state index >= 15 is 0 Å². The molecule has 2 aromatic carbocycles. The zero-order valence-electron chi connectivity index (χ0n) is 10.9. The van der Waals surface area contributed by atoms with Gasteiger partial charge < -0.3 is 4.74 Å². The third kappa shape index (κ3) is 2.65. The highest BCUT2D eigenvalue weighted by atomic mass is 19.1. The standard InChI is InChI=1S/C16H15FO2/c1-3-11-6-4-5-7-13(11)14-9-8-12(10-15(14)17)16(18)19-2/h4-10H,3H2,1-2H3. The van der Waals surface area contributed by atoms with E-state index in [1.54, 1.807) is 12.1 Å². The van der Waals surface area contributed by atoms with E-state index < -0.39 is 11.8 Å². The summed E-state index contributed by atoms with van der Waals surface area (Å²) in [6.45, 7) is 2.03. The van der Waals surface area contributed by atoms with E-state index in [2.05, 4.69) is 4.74 Å². The summed E-state index contributed by atoms with van der Waals surface area (Å²) in [5.74, 6) is -0.946. The van der Waals surface area contributed by atoms with E-state index in [1.807, 2.05) is 31.2 Å². The third-order valence-electron chi connectivity index (χ3n) is 3.08. The lowest BCUT2D eigenvalue weighted by atomic mass is 9.97. The van der Waals surface area contributed by atoms with Crippen molar-refractivity contribution in [3.05, 3.63) is 59.4 Å². The molecular weight excluding hydrogens is 243 g/mol. The van der Waals surface area contributed by atoms with Crippen molar-refractivity contribution in [1.29, 1.82) is 0 Å². The summed E-state index contributed by atoms with van der Waals surface area (Å²) >= 11 is 0. The van der Waals surface area contributed by atoms with Gasteiger partial charge in [0.1, 0.15) is 5.82 Å². The number of halogens is 1. The monoisotopic (exact) mass is 258 g/mol. The van der Waals surface area contributed by atoms with Crippen molar-refractivity contribution in [1.82, 2.24) is 0 Å². The lowest BCUT2D eigenvalue weighted by molar-refractivity contribution is 0.0600. The molecule has 0 amide bonds. The Balaban J connectivity index is 2.49. The molecule has 2 nitrogen and oxygen atoms in total. The van der Waals surface area contributed by atoms with Crippen LogP contribution in [0, 0.1) is 5.82 Å². The Morgan fingerprint density at radius 3 is 2.53 bits per heavy atom. The van der Waals surface area contributed by atoms with Crippen LogP contribution in [0.25, 0.3) is 11.1 Å². The van der Waals surface area contributed by atoms with Crippen LogP contribution in [-0.2, 0) is 11.2 Å². The summed E-state index contributed by atoms with van der Waals surface area (Å²) in [4.78, 5) is 11.3. The summed E-state index contributed by atoms with van der Waals surface area (Å²) in [6, 6.07) is 12.1. The third-order valence-corrected chi connectivity index (χ3v) is 3.08. The van der Waals surface area contributed by atoms with Gasteiger partial charge in [-0.25, -0.2) is 9.18 Å². The maximum Gasteiger partial charge on any atom is 0.337 e. The van der Waals surface area contributed by atoms with Crippen LogP contribution in [0.15, 0.2) is 42.5 Å². The molecule has 0 fully saturated rings. The van der Waals surface area contributed by atoms with Gasteiger partial charge in [0.2, 0.25) is 0 Å². The van der Waals surface area contributed by atoms with Gasteiger partial charge in [-0.15, -0.1) is 0 Å². The van der Waals surface area contributed by atoms with Crippen LogP contribution in [0.4, 0.5) is 4.39 Å². The van der Waals surface area contributed by atoms with Crippen LogP contribution in [0.1, 0.15) is 22.8 Å². The molecule has 0 unspecified atom stereocenters. The number of carbonyl (C=O) groups is 1. The quantitative estimate of drug-likeness (QED) is 0.782. The Kier molecular flexibility index (Phi) is 3.95. The van der Waals surface area contributed by atoms with E-state index in [9.17, 15) is 9.18 Å². The number of ether oxygens (including phenoxy) is 1. The van der Waals surface area contributed by atoms with Crippen LogP contribution in [0.5, 0.6) is 0 Å². The molecule has 2 rings (SSSR count). The molecular formula is C16H15FO2. The summed E-state index contributed by atoms with van der Waals surface area (Å²) in [5, 5.41) is 0. The molecule has 0 spiro atoms. The van der Waals surface area contributed by atoms with Crippen LogP contribution in [0.3, 0.4) is 0 Å². The summed E-state index contributed by atoms with van der Waals surface area (Å²) < 4.78 is 18.7. The molecule has 0 aliphatic rings. The molecule has 98 valence electrons. The Morgan fingerprint density at radius 1 is 1.16 bits per heavy atom. The lowest BCUT2D eigenvalue weighted by Gasteiger charge is -2.09. The first kappa shape index (κ1) is 13.3. The molecule has 0 bridgehead atoms. The molecule has 19 heavy (non-hydrogen) atoms. The van der Waals surface area contributed by atoms with Gasteiger partial charge in [0.25, 0.3) is 0 Å². The highest BCUT2D eigenvalue weighted by Crippen LogP contribution is 2.27. The Labute approximate surface area is 111 Å². The number of esters is 1. The largest absolute Gasteiger partial charge is 0.465 e. The van der Waals surface area contributed by atoms with Gasteiger partial charge in [-0.1, -0.05) is 37.3 Å². The van der Waals surface area contributed by atoms with Crippen molar-refractivity contribution in [2.45, 2.75) is 13.3 Å². The number of aryl methyl sites for hydroxylation is 1. The molecule has 0 atom stereocenters. The fraction of sp³-hybridized carbons (Fsp3) is 0.188. The lowest BCUT2D eigenvalue weighted by Crippen LogP contribution is -2.02. The minimum Gasteiger partial charge on any atom is -0.465 e. The number of carbonyl (C=O) groups excluding carboxylic acids is 1. The second-order valence-corrected chi connectivity index (χ2v) is 4.20. The summed E-state index contributed by atoms with van der Waals surface area (Å²) in [5.41, 5.74) is 2.66. The van der Waals surface area contributed by atoms with Crippen molar-refractivity contribution in [3.63, 3.8) is 0 Å². The minimum absolute atomic E-state index is 0.220. The van der Waals surface area contributed by atoms with E-state index in [0.717, 1.165) is 17.5 Å². The molecule has 0 saturated carbocycles. The predicted molar refractivity (Wildman–Crippen MR) is 72.6 cm³/mol.